The van der Waals surface area contributed by atoms with Crippen LogP contribution in [0.25, 0.3) is 0 Å². The summed E-state index contributed by atoms with van der Waals surface area (Å²) in [6.07, 6.45) is -0.270. The van der Waals surface area contributed by atoms with E-state index in [4.69, 9.17) is 5.73 Å². The Morgan fingerprint density at radius 3 is 2.24 bits per heavy atom. The summed E-state index contributed by atoms with van der Waals surface area (Å²) in [4.78, 5) is 0. The Kier molecular flexibility index (Phi) is 3.38. The molecular formula is C12H16FNO2S. The fourth-order valence-electron chi connectivity index (χ4n) is 2.15. The number of anilines is 1. The van der Waals surface area contributed by atoms with Gasteiger partial charge in [0.1, 0.15) is 16.0 Å². The molecule has 2 rings (SSSR count). The zero-order chi connectivity index (χ0) is 12.5. The van der Waals surface area contributed by atoms with Crippen molar-refractivity contribution in [2.75, 3.05) is 17.2 Å². The van der Waals surface area contributed by atoms with Gasteiger partial charge in [-0.15, -0.1) is 0 Å². The van der Waals surface area contributed by atoms with Gasteiger partial charge in [-0.1, -0.05) is 12.1 Å². The number of rotatable bonds is 2. The molecule has 3 nitrogen and oxygen atoms in total. The molecule has 1 aromatic rings. The predicted molar refractivity (Wildman–Crippen MR) is 66.1 cm³/mol. The molecule has 0 bridgehead atoms. The normalized spacial score (nSPS) is 22.2. The maximum atomic E-state index is 14.2. The van der Waals surface area contributed by atoms with Crippen molar-refractivity contribution in [2.24, 2.45) is 5.92 Å². The van der Waals surface area contributed by atoms with Crippen LogP contribution in [0.1, 0.15) is 24.6 Å². The summed E-state index contributed by atoms with van der Waals surface area (Å²) in [5, 5.41) is 0. The molecule has 94 valence electrons. The molecule has 1 saturated heterocycles. The van der Waals surface area contributed by atoms with Crippen molar-refractivity contribution in [1.82, 2.24) is 0 Å². The van der Waals surface area contributed by atoms with E-state index < -0.39 is 16.0 Å². The molecule has 1 atom stereocenters. The van der Waals surface area contributed by atoms with Crippen molar-refractivity contribution < 1.29 is 12.8 Å². The third kappa shape index (κ3) is 2.97. The van der Waals surface area contributed by atoms with Crippen LogP contribution in [0.5, 0.6) is 0 Å². The van der Waals surface area contributed by atoms with E-state index in [0.717, 1.165) is 0 Å². The van der Waals surface area contributed by atoms with E-state index in [1.165, 1.54) is 0 Å². The highest BCUT2D eigenvalue weighted by molar-refractivity contribution is 7.91. The molecule has 0 spiro atoms. The van der Waals surface area contributed by atoms with Gasteiger partial charge in [-0.3, -0.25) is 0 Å². The zero-order valence-corrected chi connectivity index (χ0v) is 10.3. The Labute approximate surface area is 101 Å². The van der Waals surface area contributed by atoms with Crippen LogP contribution in [-0.2, 0) is 9.84 Å². The molecule has 17 heavy (non-hydrogen) atoms. The highest BCUT2D eigenvalue weighted by Crippen LogP contribution is 2.34. The van der Waals surface area contributed by atoms with Crippen LogP contribution in [0.4, 0.5) is 10.1 Å². The summed E-state index contributed by atoms with van der Waals surface area (Å²) in [6, 6.07) is 6.68. The highest BCUT2D eigenvalue weighted by Gasteiger charge is 2.30. The van der Waals surface area contributed by atoms with Gasteiger partial charge in [0.05, 0.1) is 11.5 Å². The molecule has 1 aliphatic heterocycles. The maximum Gasteiger partial charge on any atom is 0.150 e. The summed E-state index contributed by atoms with van der Waals surface area (Å²) in [6.45, 7) is 0. The molecule has 0 aliphatic carbocycles. The minimum Gasteiger partial charge on any atom is -0.399 e. The summed E-state index contributed by atoms with van der Waals surface area (Å²) >= 11 is 0. The average molecular weight is 257 g/mol. The Balaban J connectivity index is 2.06. The van der Waals surface area contributed by atoms with E-state index in [-0.39, 0.29) is 17.4 Å². The number of nitrogen functional groups attached to an aromatic ring is 1. The predicted octanol–water partition coefficient (Wildman–Crippen LogP) is 2.10. The summed E-state index contributed by atoms with van der Waals surface area (Å²) in [5.74, 6) is 0.0160. The zero-order valence-electron chi connectivity index (χ0n) is 9.47. The van der Waals surface area contributed by atoms with Crippen molar-refractivity contribution in [3.05, 3.63) is 29.8 Å². The molecule has 2 N–H and O–H groups in total. The quantitative estimate of drug-likeness (QED) is 0.825. The first-order valence-corrected chi connectivity index (χ1v) is 7.50. The lowest BCUT2D eigenvalue weighted by Gasteiger charge is -2.25. The third-order valence-electron chi connectivity index (χ3n) is 3.27. The smallest absolute Gasteiger partial charge is 0.150 e. The minimum atomic E-state index is -2.92. The lowest BCUT2D eigenvalue weighted by Crippen LogP contribution is -2.25. The summed E-state index contributed by atoms with van der Waals surface area (Å²) in [7, 11) is -2.92. The van der Waals surface area contributed by atoms with Gasteiger partial charge >= 0.3 is 0 Å². The van der Waals surface area contributed by atoms with E-state index in [0.29, 0.717) is 24.1 Å². The van der Waals surface area contributed by atoms with Crippen LogP contribution in [0.15, 0.2) is 24.3 Å². The van der Waals surface area contributed by atoms with Crippen molar-refractivity contribution in [3.63, 3.8) is 0 Å². The minimum absolute atomic E-state index is 0.104. The van der Waals surface area contributed by atoms with Crippen molar-refractivity contribution in [3.8, 4) is 0 Å². The van der Waals surface area contributed by atoms with Gasteiger partial charge in [-0.05, 0) is 36.5 Å². The van der Waals surface area contributed by atoms with Crippen molar-refractivity contribution in [1.29, 1.82) is 0 Å². The fourth-order valence-corrected chi connectivity index (χ4v) is 3.68. The first-order valence-electron chi connectivity index (χ1n) is 5.68. The van der Waals surface area contributed by atoms with Crippen molar-refractivity contribution in [2.45, 2.75) is 19.0 Å². The number of hydrogen-bond donors (Lipinski definition) is 1. The van der Waals surface area contributed by atoms with Crippen LogP contribution < -0.4 is 5.73 Å². The van der Waals surface area contributed by atoms with Crippen LogP contribution in [0.3, 0.4) is 0 Å². The number of sulfone groups is 1. The average Bonchev–Trinajstić information content (AvgIpc) is 2.29. The lowest BCUT2D eigenvalue weighted by molar-refractivity contribution is 0.217. The third-order valence-corrected chi connectivity index (χ3v) is 4.98. The Morgan fingerprint density at radius 1 is 1.18 bits per heavy atom. The van der Waals surface area contributed by atoms with Crippen LogP contribution in [0.2, 0.25) is 0 Å². The second kappa shape index (κ2) is 4.64. The van der Waals surface area contributed by atoms with E-state index in [1.54, 1.807) is 24.3 Å². The molecule has 0 saturated carbocycles. The highest BCUT2D eigenvalue weighted by atomic mass is 32.2. The topological polar surface area (TPSA) is 60.2 Å². The van der Waals surface area contributed by atoms with Gasteiger partial charge in [0.15, 0.2) is 0 Å². The molecule has 1 heterocycles. The molecule has 1 aromatic carbocycles. The molecule has 1 unspecified atom stereocenters. The van der Waals surface area contributed by atoms with Gasteiger partial charge < -0.3 is 5.73 Å². The summed E-state index contributed by atoms with van der Waals surface area (Å²) < 4.78 is 36.7. The number of nitrogens with two attached hydrogens (primary N) is 1. The van der Waals surface area contributed by atoms with Gasteiger partial charge in [-0.2, -0.15) is 0 Å². The van der Waals surface area contributed by atoms with Gasteiger partial charge in [0, 0.05) is 5.69 Å². The van der Waals surface area contributed by atoms with Gasteiger partial charge in [0.2, 0.25) is 0 Å². The largest absolute Gasteiger partial charge is 0.399 e. The SMILES string of the molecule is Nc1ccc(C(F)C2CCS(=O)(=O)CC2)cc1. The van der Waals surface area contributed by atoms with E-state index in [2.05, 4.69) is 0 Å². The lowest BCUT2D eigenvalue weighted by atomic mass is 9.92. The Bertz CT molecular complexity index is 470. The Hall–Kier alpha value is -1.10. The first kappa shape index (κ1) is 12.4. The number of alkyl halides is 1. The molecular weight excluding hydrogens is 241 g/mol. The van der Waals surface area contributed by atoms with E-state index in [9.17, 15) is 12.8 Å². The maximum absolute atomic E-state index is 14.2. The number of halogens is 1. The molecule has 0 radical (unpaired) electrons. The van der Waals surface area contributed by atoms with E-state index in [1.807, 2.05) is 0 Å². The monoisotopic (exact) mass is 257 g/mol. The second-order valence-corrected chi connectivity index (χ2v) is 6.86. The molecule has 1 aliphatic rings. The van der Waals surface area contributed by atoms with Crippen LogP contribution >= 0.6 is 0 Å². The molecule has 5 heteroatoms. The van der Waals surface area contributed by atoms with Crippen molar-refractivity contribution >= 4 is 15.5 Å². The number of hydrogen-bond acceptors (Lipinski definition) is 3. The van der Waals surface area contributed by atoms with Gasteiger partial charge in [0.25, 0.3) is 0 Å². The van der Waals surface area contributed by atoms with Crippen LogP contribution in [-0.4, -0.2) is 19.9 Å². The standard InChI is InChI=1S/C12H16FNO2S/c13-12(9-1-3-11(14)4-2-9)10-5-7-17(15,16)8-6-10/h1-4,10,12H,5-8,14H2. The van der Waals surface area contributed by atoms with Crippen LogP contribution in [0, 0.1) is 5.92 Å². The Morgan fingerprint density at radius 2 is 1.71 bits per heavy atom. The van der Waals surface area contributed by atoms with Gasteiger partial charge in [-0.25, -0.2) is 12.8 Å². The number of benzene rings is 1. The summed E-state index contributed by atoms with van der Waals surface area (Å²) in [5.41, 5.74) is 6.73. The van der Waals surface area contributed by atoms with E-state index >= 15 is 0 Å². The second-order valence-electron chi connectivity index (χ2n) is 4.56. The molecule has 0 amide bonds. The molecule has 0 aromatic heterocycles. The fraction of sp³-hybridized carbons (Fsp3) is 0.500. The molecule has 1 fully saturated rings. The first-order chi connectivity index (χ1) is 7.98.